The Morgan fingerprint density at radius 1 is 1.37 bits per heavy atom. The predicted molar refractivity (Wildman–Crippen MR) is 71.0 cm³/mol. The first-order chi connectivity index (χ1) is 8.98. The summed E-state index contributed by atoms with van der Waals surface area (Å²) in [4.78, 5) is 11.1. The van der Waals surface area contributed by atoms with Crippen LogP contribution in [0.25, 0.3) is 0 Å². The van der Waals surface area contributed by atoms with Gasteiger partial charge in [0.15, 0.2) is 0 Å². The van der Waals surface area contributed by atoms with E-state index in [1.54, 1.807) is 6.92 Å². The Labute approximate surface area is 114 Å². The van der Waals surface area contributed by atoms with Gasteiger partial charge in [-0.25, -0.2) is 13.1 Å². The molecule has 0 heterocycles. The van der Waals surface area contributed by atoms with Crippen molar-refractivity contribution in [2.45, 2.75) is 32.6 Å². The molecule has 0 saturated heterocycles. The number of rotatable bonds is 8. The van der Waals surface area contributed by atoms with Gasteiger partial charge in [0.05, 0.1) is 18.8 Å². The second kappa shape index (κ2) is 7.81. The summed E-state index contributed by atoms with van der Waals surface area (Å²) < 4.78 is 30.6. The average Bonchev–Trinajstić information content (AvgIpc) is 2.82. The summed E-state index contributed by atoms with van der Waals surface area (Å²) in [5.74, 6) is -0.361. The lowest BCUT2D eigenvalue weighted by Crippen LogP contribution is -2.34. The van der Waals surface area contributed by atoms with E-state index in [1.165, 1.54) is 0 Å². The fraction of sp³-hybridized carbons (Fsp3) is 0.917. The molecule has 2 atom stereocenters. The highest BCUT2D eigenvalue weighted by molar-refractivity contribution is 7.89. The molecule has 6 nitrogen and oxygen atoms in total. The van der Waals surface area contributed by atoms with E-state index in [-0.39, 0.29) is 37.2 Å². The lowest BCUT2D eigenvalue weighted by atomic mass is 9.97. The van der Waals surface area contributed by atoms with Crippen LogP contribution in [-0.4, -0.2) is 45.0 Å². The summed E-state index contributed by atoms with van der Waals surface area (Å²) in [6.07, 6.45) is 2.79. The van der Waals surface area contributed by atoms with Crippen molar-refractivity contribution >= 4 is 16.0 Å². The third-order valence-electron chi connectivity index (χ3n) is 3.50. The van der Waals surface area contributed by atoms with Crippen LogP contribution in [0.1, 0.15) is 32.6 Å². The van der Waals surface area contributed by atoms with E-state index in [0.29, 0.717) is 6.54 Å². The lowest BCUT2D eigenvalue weighted by Gasteiger charge is -2.17. The van der Waals surface area contributed by atoms with E-state index >= 15 is 0 Å². The molecule has 1 saturated carbocycles. The Morgan fingerprint density at radius 2 is 2.05 bits per heavy atom. The summed E-state index contributed by atoms with van der Waals surface area (Å²) in [5, 5.41) is 9.16. The van der Waals surface area contributed by atoms with Crippen LogP contribution in [0.3, 0.4) is 0 Å². The van der Waals surface area contributed by atoms with Crippen LogP contribution in [0.15, 0.2) is 0 Å². The van der Waals surface area contributed by atoms with Crippen molar-refractivity contribution in [3.63, 3.8) is 0 Å². The zero-order valence-corrected chi connectivity index (χ0v) is 12.1. The van der Waals surface area contributed by atoms with Crippen molar-refractivity contribution in [1.29, 1.82) is 0 Å². The van der Waals surface area contributed by atoms with Gasteiger partial charge in [0, 0.05) is 13.2 Å². The molecule has 0 amide bonds. The quantitative estimate of drug-likeness (QED) is 0.627. The number of aliphatic hydroxyl groups excluding tert-OH is 1. The van der Waals surface area contributed by atoms with Crippen molar-refractivity contribution < 1.29 is 23.1 Å². The summed E-state index contributed by atoms with van der Waals surface area (Å²) in [6.45, 7) is 2.39. The molecule has 0 spiro atoms. The molecule has 1 rings (SSSR count). The average molecular weight is 293 g/mol. The van der Waals surface area contributed by atoms with E-state index in [0.717, 1.165) is 19.3 Å². The van der Waals surface area contributed by atoms with Gasteiger partial charge in [-0.15, -0.1) is 0 Å². The van der Waals surface area contributed by atoms with Gasteiger partial charge in [0.25, 0.3) is 0 Å². The first-order valence-electron chi connectivity index (χ1n) is 6.72. The van der Waals surface area contributed by atoms with Gasteiger partial charge in [0.2, 0.25) is 10.0 Å². The standard InChI is InChI=1S/C12H23NO5S/c1-2-18-12(15)6-7-19(16,17)13-8-10-4-3-5-11(10)9-14/h10-11,13-14H,2-9H2,1H3. The third-order valence-corrected chi connectivity index (χ3v) is 4.84. The van der Waals surface area contributed by atoms with Crippen molar-refractivity contribution in [3.05, 3.63) is 0 Å². The minimum atomic E-state index is -3.45. The number of ether oxygens (including phenoxy) is 1. The molecular formula is C12H23NO5S. The maximum absolute atomic E-state index is 11.7. The Hall–Kier alpha value is -0.660. The molecular weight excluding hydrogens is 270 g/mol. The highest BCUT2D eigenvalue weighted by atomic mass is 32.2. The number of nitrogens with one attached hydrogen (secondary N) is 1. The van der Waals surface area contributed by atoms with E-state index in [1.807, 2.05) is 0 Å². The predicted octanol–water partition coefficient (Wildman–Crippen LogP) is 0.268. The topological polar surface area (TPSA) is 92.7 Å². The number of aliphatic hydroxyl groups is 1. The Morgan fingerprint density at radius 3 is 2.68 bits per heavy atom. The Kier molecular flexibility index (Phi) is 6.74. The molecule has 0 aliphatic heterocycles. The number of carbonyl (C=O) groups is 1. The maximum Gasteiger partial charge on any atom is 0.306 e. The highest BCUT2D eigenvalue weighted by Gasteiger charge is 2.27. The largest absolute Gasteiger partial charge is 0.466 e. The molecule has 1 aliphatic rings. The molecule has 19 heavy (non-hydrogen) atoms. The van der Waals surface area contributed by atoms with Gasteiger partial charge < -0.3 is 9.84 Å². The molecule has 0 aromatic heterocycles. The fourth-order valence-electron chi connectivity index (χ4n) is 2.38. The van der Waals surface area contributed by atoms with Crippen LogP contribution in [0.5, 0.6) is 0 Å². The fourth-order valence-corrected chi connectivity index (χ4v) is 3.43. The van der Waals surface area contributed by atoms with Gasteiger partial charge in [0.1, 0.15) is 0 Å². The van der Waals surface area contributed by atoms with Crippen molar-refractivity contribution in [2.24, 2.45) is 11.8 Å². The van der Waals surface area contributed by atoms with E-state index in [2.05, 4.69) is 9.46 Å². The molecule has 2 N–H and O–H groups in total. The molecule has 0 bridgehead atoms. The maximum atomic E-state index is 11.7. The van der Waals surface area contributed by atoms with Crippen molar-refractivity contribution in [3.8, 4) is 0 Å². The number of carbonyl (C=O) groups excluding carboxylic acids is 1. The van der Waals surface area contributed by atoms with Gasteiger partial charge in [-0.05, 0) is 31.6 Å². The second-order valence-electron chi connectivity index (χ2n) is 4.86. The summed E-state index contributed by atoms with van der Waals surface area (Å²) in [7, 11) is -3.45. The molecule has 0 aromatic carbocycles. The molecule has 1 fully saturated rings. The van der Waals surface area contributed by atoms with E-state index in [4.69, 9.17) is 5.11 Å². The van der Waals surface area contributed by atoms with Crippen LogP contribution in [-0.2, 0) is 19.6 Å². The molecule has 1 aliphatic carbocycles. The SMILES string of the molecule is CCOC(=O)CCS(=O)(=O)NCC1CCCC1CO. The van der Waals surface area contributed by atoms with Gasteiger partial charge in [-0.1, -0.05) is 6.42 Å². The molecule has 7 heteroatoms. The first kappa shape index (κ1) is 16.4. The van der Waals surface area contributed by atoms with Crippen LogP contribution in [0.2, 0.25) is 0 Å². The number of hydrogen-bond donors (Lipinski definition) is 2. The van der Waals surface area contributed by atoms with Crippen molar-refractivity contribution in [1.82, 2.24) is 4.72 Å². The Bertz CT molecular complexity index is 382. The monoisotopic (exact) mass is 293 g/mol. The van der Waals surface area contributed by atoms with Crippen LogP contribution in [0.4, 0.5) is 0 Å². The molecule has 0 radical (unpaired) electrons. The molecule has 0 aromatic rings. The smallest absolute Gasteiger partial charge is 0.306 e. The summed E-state index contributed by atoms with van der Waals surface area (Å²) in [6, 6.07) is 0. The highest BCUT2D eigenvalue weighted by Crippen LogP contribution is 2.30. The zero-order chi connectivity index (χ0) is 14.3. The van der Waals surface area contributed by atoms with Crippen LogP contribution in [0, 0.1) is 11.8 Å². The normalized spacial score (nSPS) is 23.5. The summed E-state index contributed by atoms with van der Waals surface area (Å²) in [5.41, 5.74) is 0. The van der Waals surface area contributed by atoms with E-state index in [9.17, 15) is 13.2 Å². The lowest BCUT2D eigenvalue weighted by molar-refractivity contribution is -0.142. The van der Waals surface area contributed by atoms with Gasteiger partial charge in [-0.3, -0.25) is 4.79 Å². The van der Waals surface area contributed by atoms with E-state index < -0.39 is 16.0 Å². The van der Waals surface area contributed by atoms with Crippen molar-refractivity contribution in [2.75, 3.05) is 25.5 Å². The van der Waals surface area contributed by atoms with Crippen LogP contribution < -0.4 is 4.72 Å². The van der Waals surface area contributed by atoms with Crippen LogP contribution >= 0.6 is 0 Å². The second-order valence-corrected chi connectivity index (χ2v) is 6.78. The molecule has 112 valence electrons. The third kappa shape index (κ3) is 5.88. The first-order valence-corrected chi connectivity index (χ1v) is 8.37. The minimum Gasteiger partial charge on any atom is -0.466 e. The molecule has 2 unspecified atom stereocenters. The zero-order valence-electron chi connectivity index (χ0n) is 11.3. The summed E-state index contributed by atoms with van der Waals surface area (Å²) >= 11 is 0. The van der Waals surface area contributed by atoms with Gasteiger partial charge >= 0.3 is 5.97 Å². The number of esters is 1. The van der Waals surface area contributed by atoms with Gasteiger partial charge in [-0.2, -0.15) is 0 Å². The Balaban J connectivity index is 2.32. The minimum absolute atomic E-state index is 0.106. The number of sulfonamides is 1. The number of hydrogen-bond acceptors (Lipinski definition) is 5.